The van der Waals surface area contributed by atoms with Crippen molar-refractivity contribution >= 4 is 11.9 Å². The van der Waals surface area contributed by atoms with Crippen LogP contribution in [-0.2, 0) is 16.0 Å². The van der Waals surface area contributed by atoms with Gasteiger partial charge in [0.05, 0.1) is 12.1 Å². The Kier molecular flexibility index (Phi) is 4.88. The van der Waals surface area contributed by atoms with Crippen LogP contribution < -0.4 is 5.32 Å². The zero-order valence-electron chi connectivity index (χ0n) is 10.8. The molecule has 2 N–H and O–H groups in total. The highest BCUT2D eigenvalue weighted by Crippen LogP contribution is 2.14. The highest BCUT2D eigenvalue weighted by molar-refractivity contribution is 5.77. The van der Waals surface area contributed by atoms with E-state index in [4.69, 9.17) is 9.63 Å². The molecule has 1 aromatic heterocycles. The zero-order valence-corrected chi connectivity index (χ0v) is 10.8. The fourth-order valence-corrected chi connectivity index (χ4v) is 1.76. The van der Waals surface area contributed by atoms with Gasteiger partial charge in [0, 0.05) is 18.0 Å². The Morgan fingerprint density at radius 3 is 2.61 bits per heavy atom. The van der Waals surface area contributed by atoms with Gasteiger partial charge in [-0.1, -0.05) is 5.16 Å². The monoisotopic (exact) mass is 254 g/mol. The number of carbonyl (C=O) groups is 2. The summed E-state index contributed by atoms with van der Waals surface area (Å²) in [7, 11) is 0. The van der Waals surface area contributed by atoms with Gasteiger partial charge in [-0.25, -0.2) is 0 Å². The molecule has 1 amide bonds. The molecule has 0 aliphatic heterocycles. The van der Waals surface area contributed by atoms with Crippen LogP contribution in [0.1, 0.15) is 36.8 Å². The molecule has 0 aliphatic carbocycles. The molecule has 1 rings (SSSR count). The molecule has 0 fully saturated rings. The van der Waals surface area contributed by atoms with Crippen molar-refractivity contribution in [3.05, 3.63) is 17.0 Å². The molecule has 100 valence electrons. The molecule has 1 unspecified atom stereocenters. The average Bonchev–Trinajstić information content (AvgIpc) is 2.54. The predicted octanol–water partition coefficient (Wildman–Crippen LogP) is 1.20. The molecule has 6 nitrogen and oxygen atoms in total. The molecule has 0 aliphatic rings. The lowest BCUT2D eigenvalue weighted by Crippen LogP contribution is -2.34. The average molecular weight is 254 g/mol. The van der Waals surface area contributed by atoms with E-state index in [2.05, 4.69) is 10.5 Å². The Morgan fingerprint density at radius 1 is 1.44 bits per heavy atom. The van der Waals surface area contributed by atoms with Crippen LogP contribution in [0.3, 0.4) is 0 Å². The van der Waals surface area contributed by atoms with Crippen LogP contribution in [0.25, 0.3) is 0 Å². The van der Waals surface area contributed by atoms with Crippen molar-refractivity contribution in [2.75, 3.05) is 0 Å². The van der Waals surface area contributed by atoms with Crippen molar-refractivity contribution in [1.29, 1.82) is 0 Å². The summed E-state index contributed by atoms with van der Waals surface area (Å²) in [6.07, 6.45) is 0.775. The van der Waals surface area contributed by atoms with Gasteiger partial charge >= 0.3 is 5.97 Å². The van der Waals surface area contributed by atoms with E-state index in [0.29, 0.717) is 12.8 Å². The van der Waals surface area contributed by atoms with E-state index in [1.807, 2.05) is 6.92 Å². The molecule has 0 radical (unpaired) electrons. The molecule has 18 heavy (non-hydrogen) atoms. The summed E-state index contributed by atoms with van der Waals surface area (Å²) in [5.41, 5.74) is 1.73. The van der Waals surface area contributed by atoms with E-state index >= 15 is 0 Å². The van der Waals surface area contributed by atoms with Crippen molar-refractivity contribution in [1.82, 2.24) is 10.5 Å². The zero-order chi connectivity index (χ0) is 13.7. The minimum Gasteiger partial charge on any atom is -0.481 e. The first-order valence-electron chi connectivity index (χ1n) is 5.83. The second kappa shape index (κ2) is 6.18. The number of carbonyl (C=O) groups excluding carboxylic acids is 1. The Bertz CT molecular complexity index is 420. The minimum absolute atomic E-state index is 0.0724. The minimum atomic E-state index is -0.923. The fourth-order valence-electron chi connectivity index (χ4n) is 1.76. The third kappa shape index (κ3) is 4.20. The van der Waals surface area contributed by atoms with Gasteiger partial charge < -0.3 is 14.9 Å². The predicted molar refractivity (Wildman–Crippen MR) is 64.2 cm³/mol. The van der Waals surface area contributed by atoms with Crippen molar-refractivity contribution in [2.24, 2.45) is 0 Å². The van der Waals surface area contributed by atoms with Gasteiger partial charge in [0.2, 0.25) is 5.91 Å². The first-order chi connectivity index (χ1) is 8.40. The molecule has 0 saturated heterocycles. The number of nitrogens with one attached hydrogen (secondary N) is 1. The molecule has 0 saturated carbocycles. The Morgan fingerprint density at radius 2 is 2.11 bits per heavy atom. The number of aliphatic carboxylic acids is 1. The number of carboxylic acids is 1. The third-order valence-electron chi connectivity index (χ3n) is 2.67. The number of carboxylic acid groups (broad SMARTS) is 1. The van der Waals surface area contributed by atoms with Crippen LogP contribution in [0.5, 0.6) is 0 Å². The van der Waals surface area contributed by atoms with Crippen LogP contribution in [0.2, 0.25) is 0 Å². The van der Waals surface area contributed by atoms with E-state index in [9.17, 15) is 9.59 Å². The standard InChI is InChI=1S/C12H18N2O4/c1-7(6-12(16)17)13-11(15)5-4-10-8(2)14-18-9(10)3/h7H,4-6H2,1-3H3,(H,13,15)(H,16,17). The summed E-state index contributed by atoms with van der Waals surface area (Å²) in [4.78, 5) is 22.1. The third-order valence-corrected chi connectivity index (χ3v) is 2.67. The van der Waals surface area contributed by atoms with Gasteiger partial charge in [-0.15, -0.1) is 0 Å². The maximum atomic E-state index is 11.6. The maximum Gasteiger partial charge on any atom is 0.305 e. The Hall–Kier alpha value is -1.85. The second-order valence-electron chi connectivity index (χ2n) is 4.37. The molecular weight excluding hydrogens is 236 g/mol. The molecule has 1 heterocycles. The molecular formula is C12H18N2O4. The Labute approximate surface area is 105 Å². The summed E-state index contributed by atoms with van der Waals surface area (Å²) in [6.45, 7) is 5.30. The van der Waals surface area contributed by atoms with Crippen LogP contribution in [0.15, 0.2) is 4.52 Å². The van der Waals surface area contributed by atoms with Crippen LogP contribution in [-0.4, -0.2) is 28.2 Å². The number of aryl methyl sites for hydroxylation is 2. The number of amides is 1. The maximum absolute atomic E-state index is 11.6. The number of hydrogen-bond donors (Lipinski definition) is 2. The highest BCUT2D eigenvalue weighted by Gasteiger charge is 2.13. The lowest BCUT2D eigenvalue weighted by molar-refractivity contribution is -0.137. The largest absolute Gasteiger partial charge is 0.481 e. The van der Waals surface area contributed by atoms with E-state index in [1.54, 1.807) is 13.8 Å². The quantitative estimate of drug-likeness (QED) is 0.795. The molecule has 1 atom stereocenters. The normalized spacial score (nSPS) is 12.2. The second-order valence-corrected chi connectivity index (χ2v) is 4.37. The lowest BCUT2D eigenvalue weighted by Gasteiger charge is -2.11. The van der Waals surface area contributed by atoms with Crippen LogP contribution in [0.4, 0.5) is 0 Å². The van der Waals surface area contributed by atoms with Crippen molar-refractivity contribution in [3.8, 4) is 0 Å². The van der Waals surface area contributed by atoms with Gasteiger partial charge in [0.25, 0.3) is 0 Å². The van der Waals surface area contributed by atoms with Crippen LogP contribution >= 0.6 is 0 Å². The van der Waals surface area contributed by atoms with E-state index in [-0.39, 0.29) is 18.4 Å². The van der Waals surface area contributed by atoms with Crippen molar-refractivity contribution in [3.63, 3.8) is 0 Å². The number of rotatable bonds is 6. The molecule has 6 heteroatoms. The van der Waals surface area contributed by atoms with Gasteiger partial charge in [-0.05, 0) is 27.2 Å². The fraction of sp³-hybridized carbons (Fsp3) is 0.583. The molecule has 1 aromatic rings. The smallest absolute Gasteiger partial charge is 0.305 e. The van der Waals surface area contributed by atoms with Crippen molar-refractivity contribution in [2.45, 2.75) is 46.1 Å². The highest BCUT2D eigenvalue weighted by atomic mass is 16.5. The van der Waals surface area contributed by atoms with E-state index in [0.717, 1.165) is 17.0 Å². The Balaban J connectivity index is 2.40. The van der Waals surface area contributed by atoms with E-state index < -0.39 is 5.97 Å². The van der Waals surface area contributed by atoms with Gasteiger partial charge in [-0.2, -0.15) is 0 Å². The number of nitrogens with zero attached hydrogens (tertiary/aromatic N) is 1. The first kappa shape index (κ1) is 14.2. The SMILES string of the molecule is Cc1noc(C)c1CCC(=O)NC(C)CC(=O)O. The summed E-state index contributed by atoms with van der Waals surface area (Å²) < 4.78 is 5.00. The molecule has 0 bridgehead atoms. The number of aromatic nitrogens is 1. The van der Waals surface area contributed by atoms with Gasteiger partial charge in [-0.3, -0.25) is 9.59 Å². The number of hydrogen-bond acceptors (Lipinski definition) is 4. The lowest BCUT2D eigenvalue weighted by atomic mass is 10.1. The topological polar surface area (TPSA) is 92.4 Å². The summed E-state index contributed by atoms with van der Waals surface area (Å²) in [6, 6.07) is -0.361. The molecule has 0 aromatic carbocycles. The van der Waals surface area contributed by atoms with Crippen molar-refractivity contribution < 1.29 is 19.2 Å². The van der Waals surface area contributed by atoms with Crippen LogP contribution in [0, 0.1) is 13.8 Å². The molecule has 0 spiro atoms. The van der Waals surface area contributed by atoms with Gasteiger partial charge in [0.1, 0.15) is 5.76 Å². The summed E-state index contributed by atoms with van der Waals surface area (Å²) in [5.74, 6) is -0.365. The van der Waals surface area contributed by atoms with Gasteiger partial charge in [0.15, 0.2) is 0 Å². The summed E-state index contributed by atoms with van der Waals surface area (Å²) >= 11 is 0. The summed E-state index contributed by atoms with van der Waals surface area (Å²) in [5, 5.41) is 15.0. The first-order valence-corrected chi connectivity index (χ1v) is 5.83. The van der Waals surface area contributed by atoms with E-state index in [1.165, 1.54) is 0 Å².